The summed E-state index contributed by atoms with van der Waals surface area (Å²) in [5, 5.41) is 0. The van der Waals surface area contributed by atoms with E-state index in [1.165, 1.54) is 12.3 Å². The molecule has 2 nitrogen and oxygen atoms in total. The van der Waals surface area contributed by atoms with E-state index in [0.717, 1.165) is 6.20 Å². The molecule has 1 heterocycles. The predicted molar refractivity (Wildman–Crippen MR) is 58.1 cm³/mol. The van der Waals surface area contributed by atoms with E-state index in [0.29, 0.717) is 12.8 Å². The summed E-state index contributed by atoms with van der Waals surface area (Å²) >= 11 is 0. The summed E-state index contributed by atoms with van der Waals surface area (Å²) in [6.07, 6.45) is -1.42. The van der Waals surface area contributed by atoms with Gasteiger partial charge in [0.05, 0.1) is 12.1 Å². The lowest BCUT2D eigenvalue weighted by Gasteiger charge is -2.39. The van der Waals surface area contributed by atoms with Crippen LogP contribution in [0.3, 0.4) is 0 Å². The van der Waals surface area contributed by atoms with Gasteiger partial charge in [-0.05, 0) is 25.3 Å². The van der Waals surface area contributed by atoms with E-state index in [1.807, 2.05) is 0 Å². The summed E-state index contributed by atoms with van der Waals surface area (Å²) in [4.78, 5) is 3.59. The molecule has 2 unspecified atom stereocenters. The van der Waals surface area contributed by atoms with Crippen LogP contribution in [-0.4, -0.2) is 11.2 Å². The standard InChI is InChI=1S/C12H14F4N2/c13-10-7-18-5-3-9(10)11(17)4-1-2-8(6-11)12(14,15)16/h3,5,7-8H,1-2,4,6,17H2. The highest BCUT2D eigenvalue weighted by molar-refractivity contribution is 5.24. The Morgan fingerprint density at radius 2 is 2.11 bits per heavy atom. The number of nitrogens with zero attached hydrogens (tertiary/aromatic N) is 1. The first-order chi connectivity index (χ1) is 8.33. The Bertz CT molecular complexity index is 432. The maximum Gasteiger partial charge on any atom is 0.391 e. The van der Waals surface area contributed by atoms with Gasteiger partial charge in [0.25, 0.3) is 0 Å². The molecular formula is C12H14F4N2. The van der Waals surface area contributed by atoms with Crippen LogP contribution in [0.15, 0.2) is 18.5 Å². The fourth-order valence-corrected chi connectivity index (χ4v) is 2.61. The molecule has 1 aliphatic rings. The fourth-order valence-electron chi connectivity index (χ4n) is 2.61. The van der Waals surface area contributed by atoms with E-state index in [1.54, 1.807) is 0 Å². The second-order valence-corrected chi connectivity index (χ2v) is 4.85. The van der Waals surface area contributed by atoms with E-state index in [2.05, 4.69) is 4.98 Å². The molecule has 6 heteroatoms. The minimum Gasteiger partial charge on any atom is -0.321 e. The van der Waals surface area contributed by atoms with Crippen LogP contribution >= 0.6 is 0 Å². The van der Waals surface area contributed by atoms with Crippen molar-refractivity contribution in [3.63, 3.8) is 0 Å². The third-order valence-corrected chi connectivity index (χ3v) is 3.56. The molecule has 100 valence electrons. The van der Waals surface area contributed by atoms with Crippen molar-refractivity contribution in [1.82, 2.24) is 4.98 Å². The first-order valence-electron chi connectivity index (χ1n) is 5.78. The minimum absolute atomic E-state index is 0.0646. The summed E-state index contributed by atoms with van der Waals surface area (Å²) in [5.74, 6) is -2.09. The molecule has 0 spiro atoms. The van der Waals surface area contributed by atoms with Crippen molar-refractivity contribution >= 4 is 0 Å². The monoisotopic (exact) mass is 262 g/mol. The molecule has 1 aromatic heterocycles. The molecule has 1 saturated carbocycles. The normalized spacial score (nSPS) is 29.3. The number of hydrogen-bond donors (Lipinski definition) is 1. The van der Waals surface area contributed by atoms with Crippen LogP contribution in [-0.2, 0) is 5.54 Å². The molecule has 0 aliphatic heterocycles. The number of hydrogen-bond acceptors (Lipinski definition) is 2. The summed E-state index contributed by atoms with van der Waals surface area (Å²) < 4.78 is 51.8. The van der Waals surface area contributed by atoms with Gasteiger partial charge >= 0.3 is 6.18 Å². The van der Waals surface area contributed by atoms with Gasteiger partial charge in [0.15, 0.2) is 0 Å². The number of alkyl halides is 3. The average Bonchev–Trinajstić information content (AvgIpc) is 2.28. The molecule has 0 radical (unpaired) electrons. The molecule has 1 aromatic rings. The van der Waals surface area contributed by atoms with Crippen molar-refractivity contribution in [2.24, 2.45) is 11.7 Å². The number of rotatable bonds is 1. The largest absolute Gasteiger partial charge is 0.391 e. The van der Waals surface area contributed by atoms with Gasteiger partial charge in [-0.3, -0.25) is 4.98 Å². The van der Waals surface area contributed by atoms with Gasteiger partial charge in [-0.2, -0.15) is 13.2 Å². The number of halogens is 4. The summed E-state index contributed by atoms with van der Waals surface area (Å²) in [7, 11) is 0. The first-order valence-corrected chi connectivity index (χ1v) is 5.78. The van der Waals surface area contributed by atoms with Crippen LogP contribution in [0.1, 0.15) is 31.2 Å². The van der Waals surface area contributed by atoms with Gasteiger partial charge in [0.1, 0.15) is 5.82 Å². The smallest absolute Gasteiger partial charge is 0.321 e. The Balaban J connectivity index is 2.29. The van der Waals surface area contributed by atoms with Crippen molar-refractivity contribution in [2.75, 3.05) is 0 Å². The lowest BCUT2D eigenvalue weighted by molar-refractivity contribution is -0.187. The zero-order valence-electron chi connectivity index (χ0n) is 9.67. The third kappa shape index (κ3) is 2.48. The second-order valence-electron chi connectivity index (χ2n) is 4.85. The lowest BCUT2D eigenvalue weighted by Crippen LogP contribution is -2.45. The molecule has 1 fully saturated rings. The van der Waals surface area contributed by atoms with Crippen molar-refractivity contribution in [3.05, 3.63) is 29.8 Å². The molecular weight excluding hydrogens is 248 g/mol. The highest BCUT2D eigenvalue weighted by Gasteiger charge is 2.47. The number of nitrogens with two attached hydrogens (primary N) is 1. The Labute approximate surface area is 102 Å². The zero-order valence-corrected chi connectivity index (χ0v) is 9.67. The van der Waals surface area contributed by atoms with Crippen LogP contribution in [0, 0.1) is 11.7 Å². The predicted octanol–water partition coefficient (Wildman–Crippen LogP) is 3.13. The molecule has 1 aliphatic carbocycles. The Morgan fingerprint density at radius 1 is 1.39 bits per heavy atom. The Kier molecular flexibility index (Phi) is 3.31. The fraction of sp³-hybridized carbons (Fsp3) is 0.583. The minimum atomic E-state index is -4.27. The maximum absolute atomic E-state index is 13.6. The molecule has 0 amide bonds. The highest BCUT2D eigenvalue weighted by Crippen LogP contribution is 2.45. The quantitative estimate of drug-likeness (QED) is 0.790. The van der Waals surface area contributed by atoms with Crippen molar-refractivity contribution < 1.29 is 17.6 Å². The Morgan fingerprint density at radius 3 is 2.72 bits per heavy atom. The summed E-state index contributed by atoms with van der Waals surface area (Å²) in [5.41, 5.74) is 4.89. The zero-order chi connectivity index (χ0) is 13.4. The number of aromatic nitrogens is 1. The van der Waals surface area contributed by atoms with Gasteiger partial charge < -0.3 is 5.73 Å². The third-order valence-electron chi connectivity index (χ3n) is 3.56. The molecule has 18 heavy (non-hydrogen) atoms. The summed E-state index contributed by atoms with van der Waals surface area (Å²) in [6.45, 7) is 0. The van der Waals surface area contributed by atoms with E-state index < -0.39 is 23.5 Å². The van der Waals surface area contributed by atoms with Gasteiger partial charge in [-0.1, -0.05) is 6.42 Å². The van der Waals surface area contributed by atoms with Gasteiger partial charge in [0, 0.05) is 17.3 Å². The van der Waals surface area contributed by atoms with Crippen LogP contribution < -0.4 is 5.73 Å². The van der Waals surface area contributed by atoms with Gasteiger partial charge in [-0.25, -0.2) is 4.39 Å². The van der Waals surface area contributed by atoms with Gasteiger partial charge in [0.2, 0.25) is 0 Å². The number of pyridine rings is 1. The second kappa shape index (κ2) is 4.50. The molecule has 0 bridgehead atoms. The molecule has 2 rings (SSSR count). The molecule has 2 atom stereocenters. The molecule has 0 aromatic carbocycles. The van der Waals surface area contributed by atoms with Crippen LogP contribution in [0.4, 0.5) is 17.6 Å². The van der Waals surface area contributed by atoms with E-state index in [4.69, 9.17) is 5.73 Å². The lowest BCUT2D eigenvalue weighted by atomic mass is 9.72. The van der Waals surface area contributed by atoms with Crippen molar-refractivity contribution in [2.45, 2.75) is 37.4 Å². The van der Waals surface area contributed by atoms with E-state index in [9.17, 15) is 17.6 Å². The summed E-state index contributed by atoms with van der Waals surface area (Å²) in [6, 6.07) is 1.37. The van der Waals surface area contributed by atoms with Gasteiger partial charge in [-0.15, -0.1) is 0 Å². The highest BCUT2D eigenvalue weighted by atomic mass is 19.4. The molecule has 0 saturated heterocycles. The Hall–Kier alpha value is -1.17. The van der Waals surface area contributed by atoms with E-state index in [-0.39, 0.29) is 18.4 Å². The average molecular weight is 262 g/mol. The van der Waals surface area contributed by atoms with Crippen LogP contribution in [0.5, 0.6) is 0 Å². The van der Waals surface area contributed by atoms with E-state index >= 15 is 0 Å². The van der Waals surface area contributed by atoms with Crippen molar-refractivity contribution in [1.29, 1.82) is 0 Å². The molecule has 2 N–H and O–H groups in total. The van der Waals surface area contributed by atoms with Crippen LogP contribution in [0.25, 0.3) is 0 Å². The first kappa shape index (κ1) is 13.3. The SMILES string of the molecule is NC1(c2ccncc2F)CCCC(C(F)(F)F)C1. The van der Waals surface area contributed by atoms with Crippen LogP contribution in [0.2, 0.25) is 0 Å². The topological polar surface area (TPSA) is 38.9 Å². The maximum atomic E-state index is 13.6. The van der Waals surface area contributed by atoms with Crippen molar-refractivity contribution in [3.8, 4) is 0 Å².